The summed E-state index contributed by atoms with van der Waals surface area (Å²) in [5.41, 5.74) is 1.91. The van der Waals surface area contributed by atoms with Crippen molar-refractivity contribution in [2.45, 2.75) is 30.7 Å². The Bertz CT molecular complexity index is 675. The average molecular weight is 361 g/mol. The number of carbonyl (C=O) groups is 2. The van der Waals surface area contributed by atoms with Crippen LogP contribution in [-0.2, 0) is 14.3 Å². The van der Waals surface area contributed by atoms with Gasteiger partial charge in [0.2, 0.25) is 11.8 Å². The first-order chi connectivity index (χ1) is 12.1. The van der Waals surface area contributed by atoms with E-state index in [1.165, 1.54) is 0 Å². The summed E-state index contributed by atoms with van der Waals surface area (Å²) < 4.78 is 5.37. The molecule has 4 rings (SSSR count). The molecule has 134 valence electrons. The first-order valence-electron chi connectivity index (χ1n) is 8.77. The number of benzene rings is 1. The third-order valence-corrected chi connectivity index (χ3v) is 6.76. The summed E-state index contributed by atoms with van der Waals surface area (Å²) in [6.07, 6.45) is 1.37. The predicted molar refractivity (Wildman–Crippen MR) is 98.8 cm³/mol. The van der Waals surface area contributed by atoms with Crippen LogP contribution < -0.4 is 10.2 Å². The van der Waals surface area contributed by atoms with E-state index in [0.717, 1.165) is 44.1 Å². The lowest BCUT2D eigenvalue weighted by Gasteiger charge is -2.30. The van der Waals surface area contributed by atoms with Crippen molar-refractivity contribution in [3.05, 3.63) is 24.3 Å². The molecule has 3 heterocycles. The van der Waals surface area contributed by atoms with Crippen molar-refractivity contribution in [1.29, 1.82) is 0 Å². The molecular formula is C18H23N3O3S. The van der Waals surface area contributed by atoms with Gasteiger partial charge in [-0.2, -0.15) is 0 Å². The summed E-state index contributed by atoms with van der Waals surface area (Å²) >= 11 is 1.71. The molecule has 0 aliphatic carbocycles. The van der Waals surface area contributed by atoms with Gasteiger partial charge in [-0.25, -0.2) is 0 Å². The number of hydrogen-bond donors (Lipinski definition) is 1. The van der Waals surface area contributed by atoms with Gasteiger partial charge >= 0.3 is 0 Å². The van der Waals surface area contributed by atoms with Crippen LogP contribution >= 0.6 is 11.8 Å². The molecule has 1 aromatic carbocycles. The lowest BCUT2D eigenvalue weighted by molar-refractivity contribution is -0.135. The Kier molecular flexibility index (Phi) is 4.37. The molecule has 1 aromatic rings. The second-order valence-electron chi connectivity index (χ2n) is 6.90. The van der Waals surface area contributed by atoms with E-state index >= 15 is 0 Å². The zero-order chi connectivity index (χ0) is 17.4. The molecule has 0 unspecified atom stereocenters. The number of anilines is 2. The van der Waals surface area contributed by atoms with Crippen molar-refractivity contribution in [2.24, 2.45) is 0 Å². The molecule has 0 aromatic heterocycles. The Morgan fingerprint density at radius 1 is 1.28 bits per heavy atom. The van der Waals surface area contributed by atoms with E-state index in [-0.39, 0.29) is 22.7 Å². The minimum absolute atomic E-state index is 0.0920. The zero-order valence-electron chi connectivity index (χ0n) is 14.4. The van der Waals surface area contributed by atoms with Crippen LogP contribution in [0, 0.1) is 0 Å². The number of nitrogens with zero attached hydrogens (tertiary/aromatic N) is 2. The topological polar surface area (TPSA) is 61.9 Å². The van der Waals surface area contributed by atoms with Crippen LogP contribution in [0.25, 0.3) is 0 Å². The smallest absolute Gasteiger partial charge is 0.248 e. The predicted octanol–water partition coefficient (Wildman–Crippen LogP) is 1.92. The van der Waals surface area contributed by atoms with Gasteiger partial charge < -0.3 is 19.9 Å². The van der Waals surface area contributed by atoms with Crippen LogP contribution in [0.15, 0.2) is 24.3 Å². The highest BCUT2D eigenvalue weighted by atomic mass is 32.2. The molecular weight excluding hydrogens is 338 g/mol. The number of nitrogens with one attached hydrogen (secondary N) is 1. The third kappa shape index (κ3) is 3.11. The van der Waals surface area contributed by atoms with E-state index in [1.54, 1.807) is 16.7 Å². The molecule has 2 amide bonds. The summed E-state index contributed by atoms with van der Waals surface area (Å²) in [5.74, 6) is 0.667. The Balaban J connectivity index is 1.42. The molecule has 3 saturated heterocycles. The molecule has 3 aliphatic rings. The largest absolute Gasteiger partial charge is 0.378 e. The summed E-state index contributed by atoms with van der Waals surface area (Å²) in [6.45, 7) is 5.34. The molecule has 2 atom stereocenters. The van der Waals surface area contributed by atoms with Crippen molar-refractivity contribution in [3.8, 4) is 0 Å². The fraction of sp³-hybridized carbons (Fsp3) is 0.556. The molecule has 0 saturated carbocycles. The standard InChI is InChI=1S/C18H23N3O3S/c1-18-7-6-16(22)21(18)15(12-25-18)17(23)19-13-2-4-14(5-3-13)20-8-10-24-11-9-20/h2-5,15H,6-12H2,1H3,(H,19,23)/t15-,18-/m0/s1. The van der Waals surface area contributed by atoms with Gasteiger partial charge in [-0.05, 0) is 37.6 Å². The normalized spacial score (nSPS) is 29.0. The summed E-state index contributed by atoms with van der Waals surface area (Å²) in [4.78, 5) is 28.7. The van der Waals surface area contributed by atoms with Crippen molar-refractivity contribution >= 4 is 35.0 Å². The van der Waals surface area contributed by atoms with Crippen molar-refractivity contribution < 1.29 is 14.3 Å². The molecule has 3 aliphatic heterocycles. The van der Waals surface area contributed by atoms with Gasteiger partial charge in [0.05, 0.1) is 18.1 Å². The Morgan fingerprint density at radius 2 is 2.00 bits per heavy atom. The Hall–Kier alpha value is -1.73. The van der Waals surface area contributed by atoms with Gasteiger partial charge in [-0.3, -0.25) is 9.59 Å². The van der Waals surface area contributed by atoms with E-state index in [2.05, 4.69) is 17.1 Å². The molecule has 1 N–H and O–H groups in total. The summed E-state index contributed by atoms with van der Waals surface area (Å²) in [6, 6.07) is 7.53. The number of amides is 2. The molecule has 6 nitrogen and oxygen atoms in total. The van der Waals surface area contributed by atoms with Gasteiger partial charge in [-0.1, -0.05) is 0 Å². The van der Waals surface area contributed by atoms with Crippen LogP contribution in [0.5, 0.6) is 0 Å². The van der Waals surface area contributed by atoms with Gasteiger partial charge in [0.25, 0.3) is 0 Å². The van der Waals surface area contributed by atoms with Crippen LogP contribution in [0.1, 0.15) is 19.8 Å². The van der Waals surface area contributed by atoms with Crippen LogP contribution in [0.4, 0.5) is 11.4 Å². The van der Waals surface area contributed by atoms with E-state index in [0.29, 0.717) is 12.2 Å². The number of thioether (sulfide) groups is 1. The number of morpholine rings is 1. The molecule has 0 radical (unpaired) electrons. The van der Waals surface area contributed by atoms with Gasteiger partial charge in [-0.15, -0.1) is 11.8 Å². The number of rotatable bonds is 3. The SMILES string of the molecule is C[C@]12CCC(=O)N1[C@H](C(=O)Nc1ccc(N3CCOCC3)cc1)CS2. The van der Waals surface area contributed by atoms with Gasteiger partial charge in [0.1, 0.15) is 6.04 Å². The van der Waals surface area contributed by atoms with Crippen molar-refractivity contribution in [1.82, 2.24) is 4.90 Å². The van der Waals surface area contributed by atoms with Gasteiger partial charge in [0, 0.05) is 36.6 Å². The zero-order valence-corrected chi connectivity index (χ0v) is 15.2. The van der Waals surface area contributed by atoms with Crippen molar-refractivity contribution in [2.75, 3.05) is 42.3 Å². The monoisotopic (exact) mass is 361 g/mol. The summed E-state index contributed by atoms with van der Waals surface area (Å²) in [5, 5.41) is 2.98. The number of fused-ring (bicyclic) bond motifs is 1. The minimum atomic E-state index is -0.371. The molecule has 7 heteroatoms. The molecule has 0 spiro atoms. The first-order valence-corrected chi connectivity index (χ1v) is 9.75. The van der Waals surface area contributed by atoms with Crippen molar-refractivity contribution in [3.63, 3.8) is 0 Å². The van der Waals surface area contributed by atoms with Crippen LogP contribution in [-0.4, -0.2) is 59.7 Å². The Morgan fingerprint density at radius 3 is 2.72 bits per heavy atom. The van der Waals surface area contributed by atoms with E-state index in [9.17, 15) is 9.59 Å². The third-order valence-electron chi connectivity index (χ3n) is 5.26. The van der Waals surface area contributed by atoms with Gasteiger partial charge in [0.15, 0.2) is 0 Å². The Labute approximate surface area is 151 Å². The van der Waals surface area contributed by atoms with Crippen LogP contribution in [0.2, 0.25) is 0 Å². The number of carbonyl (C=O) groups excluding carboxylic acids is 2. The first kappa shape index (κ1) is 16.7. The molecule has 25 heavy (non-hydrogen) atoms. The second-order valence-corrected chi connectivity index (χ2v) is 8.40. The summed E-state index contributed by atoms with van der Waals surface area (Å²) in [7, 11) is 0. The molecule has 0 bridgehead atoms. The lowest BCUT2D eigenvalue weighted by atomic mass is 10.2. The average Bonchev–Trinajstić information content (AvgIpc) is 3.13. The highest BCUT2D eigenvalue weighted by Crippen LogP contribution is 2.47. The maximum absolute atomic E-state index is 12.7. The fourth-order valence-electron chi connectivity index (χ4n) is 3.82. The minimum Gasteiger partial charge on any atom is -0.378 e. The highest BCUT2D eigenvalue weighted by Gasteiger charge is 2.52. The lowest BCUT2D eigenvalue weighted by Crippen LogP contribution is -2.48. The maximum Gasteiger partial charge on any atom is 0.248 e. The quantitative estimate of drug-likeness (QED) is 0.891. The number of ether oxygens (including phenoxy) is 1. The fourth-order valence-corrected chi connectivity index (χ4v) is 5.25. The molecule has 3 fully saturated rings. The van der Waals surface area contributed by atoms with E-state index in [1.807, 2.05) is 24.3 Å². The highest BCUT2D eigenvalue weighted by molar-refractivity contribution is 8.01. The van der Waals surface area contributed by atoms with E-state index in [4.69, 9.17) is 4.74 Å². The number of hydrogen-bond acceptors (Lipinski definition) is 5. The maximum atomic E-state index is 12.7. The van der Waals surface area contributed by atoms with E-state index < -0.39 is 0 Å². The van der Waals surface area contributed by atoms with Crippen LogP contribution in [0.3, 0.4) is 0 Å². The second kappa shape index (κ2) is 6.53.